The van der Waals surface area contributed by atoms with Crippen molar-refractivity contribution >= 4 is 15.7 Å². The molecule has 0 aromatic carbocycles. The average Bonchev–Trinajstić information content (AvgIpc) is 3.00. The maximum atomic E-state index is 12.3. The van der Waals surface area contributed by atoms with Crippen molar-refractivity contribution in [3.05, 3.63) is 11.7 Å². The van der Waals surface area contributed by atoms with Crippen LogP contribution in [-0.2, 0) is 14.6 Å². The summed E-state index contributed by atoms with van der Waals surface area (Å²) in [7, 11) is -3.33. The predicted octanol–water partition coefficient (Wildman–Crippen LogP) is 1.44. The van der Waals surface area contributed by atoms with E-state index in [1.54, 1.807) is 11.8 Å². The molecule has 1 aromatic rings. The highest BCUT2D eigenvalue weighted by Crippen LogP contribution is 2.40. The van der Waals surface area contributed by atoms with Crippen LogP contribution in [0.4, 0.5) is 0 Å². The van der Waals surface area contributed by atoms with E-state index >= 15 is 0 Å². The van der Waals surface area contributed by atoms with Crippen LogP contribution in [0.15, 0.2) is 4.52 Å². The van der Waals surface area contributed by atoms with Crippen LogP contribution in [0.1, 0.15) is 62.7 Å². The molecule has 2 fully saturated rings. The Morgan fingerprint density at radius 3 is 2.82 bits per heavy atom. The minimum absolute atomic E-state index is 0.0469. The molecular formula is C14H21N3O4S. The first kappa shape index (κ1) is 15.5. The van der Waals surface area contributed by atoms with Crippen molar-refractivity contribution in [2.45, 2.75) is 51.0 Å². The van der Waals surface area contributed by atoms with Gasteiger partial charge in [0.25, 0.3) is 0 Å². The van der Waals surface area contributed by atoms with Crippen molar-refractivity contribution in [2.75, 3.05) is 18.1 Å². The second kappa shape index (κ2) is 5.98. The van der Waals surface area contributed by atoms with Gasteiger partial charge in [-0.05, 0) is 32.1 Å². The zero-order valence-corrected chi connectivity index (χ0v) is 13.5. The molecule has 0 bridgehead atoms. The van der Waals surface area contributed by atoms with Crippen molar-refractivity contribution in [1.82, 2.24) is 15.0 Å². The average molecular weight is 327 g/mol. The van der Waals surface area contributed by atoms with E-state index in [1.165, 1.54) is 0 Å². The van der Waals surface area contributed by atoms with E-state index in [9.17, 15) is 13.2 Å². The monoisotopic (exact) mass is 327 g/mol. The molecule has 1 aliphatic carbocycles. The maximum absolute atomic E-state index is 12.3. The summed E-state index contributed by atoms with van der Waals surface area (Å²) in [6, 6.07) is -0.249. The molecule has 0 unspecified atom stereocenters. The van der Waals surface area contributed by atoms with Gasteiger partial charge in [0.15, 0.2) is 15.7 Å². The summed E-state index contributed by atoms with van der Waals surface area (Å²) in [4.78, 5) is 18.3. The minimum Gasteiger partial charge on any atom is -0.339 e. The van der Waals surface area contributed by atoms with Gasteiger partial charge in [0.2, 0.25) is 11.8 Å². The first-order valence-corrected chi connectivity index (χ1v) is 9.65. The molecule has 3 rings (SSSR count). The molecule has 0 radical (unpaired) electrons. The number of rotatable bonds is 6. The standard InChI is InChI=1S/C14H21N3O4S/c1-2-8-22(19,20)9-12(18)17-7-3-4-11(17)13-15-14(21-16-13)10-5-6-10/h10-11H,2-9H2,1H3/t11-/m0/s1. The van der Waals surface area contributed by atoms with Gasteiger partial charge < -0.3 is 9.42 Å². The Kier molecular flexibility index (Phi) is 4.20. The Labute approximate surface area is 130 Å². The highest BCUT2D eigenvalue weighted by molar-refractivity contribution is 7.92. The van der Waals surface area contributed by atoms with Gasteiger partial charge in [0, 0.05) is 12.5 Å². The Morgan fingerprint density at radius 1 is 1.36 bits per heavy atom. The lowest BCUT2D eigenvalue weighted by Crippen LogP contribution is -2.36. The third-order valence-electron chi connectivity index (χ3n) is 4.11. The summed E-state index contributed by atoms with van der Waals surface area (Å²) < 4.78 is 28.9. The number of sulfone groups is 1. The molecule has 1 aromatic heterocycles. The molecule has 0 N–H and O–H groups in total. The lowest BCUT2D eigenvalue weighted by Gasteiger charge is -2.22. The number of likely N-dealkylation sites (tertiary alicyclic amines) is 1. The molecule has 7 nitrogen and oxygen atoms in total. The summed E-state index contributed by atoms with van der Waals surface area (Å²) in [6.45, 7) is 2.35. The topological polar surface area (TPSA) is 93.4 Å². The van der Waals surface area contributed by atoms with Gasteiger partial charge in [-0.15, -0.1) is 0 Å². The molecule has 2 heterocycles. The molecule has 122 valence electrons. The smallest absolute Gasteiger partial charge is 0.238 e. The number of hydrogen-bond acceptors (Lipinski definition) is 6. The quantitative estimate of drug-likeness (QED) is 0.785. The number of carbonyl (C=O) groups is 1. The Morgan fingerprint density at radius 2 is 2.14 bits per heavy atom. The largest absolute Gasteiger partial charge is 0.339 e. The number of aromatic nitrogens is 2. The van der Waals surface area contributed by atoms with Crippen molar-refractivity contribution in [2.24, 2.45) is 0 Å². The van der Waals surface area contributed by atoms with Crippen LogP contribution >= 0.6 is 0 Å². The molecule has 0 spiro atoms. The molecule has 1 aliphatic heterocycles. The zero-order valence-electron chi connectivity index (χ0n) is 12.7. The Hall–Kier alpha value is -1.44. The van der Waals surface area contributed by atoms with Crippen LogP contribution in [0, 0.1) is 0 Å². The first-order chi connectivity index (χ1) is 10.5. The lowest BCUT2D eigenvalue weighted by atomic mass is 10.2. The van der Waals surface area contributed by atoms with E-state index in [-0.39, 0.29) is 17.7 Å². The molecule has 1 saturated carbocycles. The normalized spacial score (nSPS) is 22.2. The Bertz CT molecular complexity index is 651. The Balaban J connectivity index is 1.70. The summed E-state index contributed by atoms with van der Waals surface area (Å²) in [5, 5.41) is 4.00. The maximum Gasteiger partial charge on any atom is 0.238 e. The van der Waals surface area contributed by atoms with Gasteiger partial charge >= 0.3 is 0 Å². The van der Waals surface area contributed by atoms with Gasteiger partial charge in [0.1, 0.15) is 5.75 Å². The molecule has 2 aliphatic rings. The van der Waals surface area contributed by atoms with Gasteiger partial charge in [-0.25, -0.2) is 8.42 Å². The van der Waals surface area contributed by atoms with Crippen LogP contribution in [0.5, 0.6) is 0 Å². The number of hydrogen-bond donors (Lipinski definition) is 0. The van der Waals surface area contributed by atoms with E-state index in [0.717, 1.165) is 25.7 Å². The fraction of sp³-hybridized carbons (Fsp3) is 0.786. The van der Waals surface area contributed by atoms with Crippen LogP contribution in [0.2, 0.25) is 0 Å². The van der Waals surface area contributed by atoms with Gasteiger partial charge in [0.05, 0.1) is 11.8 Å². The van der Waals surface area contributed by atoms with E-state index in [2.05, 4.69) is 10.1 Å². The first-order valence-electron chi connectivity index (χ1n) is 7.83. The molecule has 8 heteroatoms. The van der Waals surface area contributed by atoms with E-state index < -0.39 is 15.6 Å². The van der Waals surface area contributed by atoms with Crippen molar-refractivity contribution in [3.8, 4) is 0 Å². The highest BCUT2D eigenvalue weighted by atomic mass is 32.2. The van der Waals surface area contributed by atoms with E-state index in [4.69, 9.17) is 4.52 Å². The van der Waals surface area contributed by atoms with Crippen LogP contribution in [0.25, 0.3) is 0 Å². The zero-order chi connectivity index (χ0) is 15.7. The molecule has 1 saturated heterocycles. The van der Waals surface area contributed by atoms with E-state index in [1.807, 2.05) is 0 Å². The summed E-state index contributed by atoms with van der Waals surface area (Å²) in [5.41, 5.74) is 0. The SMILES string of the molecule is CCCS(=O)(=O)CC(=O)N1CCC[C@H]1c1noc(C2CC2)n1. The van der Waals surface area contributed by atoms with Crippen LogP contribution in [-0.4, -0.2) is 47.4 Å². The van der Waals surface area contributed by atoms with Crippen molar-refractivity contribution < 1.29 is 17.7 Å². The number of nitrogens with zero attached hydrogens (tertiary/aromatic N) is 3. The third-order valence-corrected chi connectivity index (χ3v) is 5.83. The van der Waals surface area contributed by atoms with Gasteiger partial charge in [-0.3, -0.25) is 4.79 Å². The molecule has 1 atom stereocenters. The number of amides is 1. The molecule has 1 amide bonds. The van der Waals surface area contributed by atoms with Crippen LogP contribution < -0.4 is 0 Å². The van der Waals surface area contributed by atoms with Crippen molar-refractivity contribution in [1.29, 1.82) is 0 Å². The fourth-order valence-electron chi connectivity index (χ4n) is 2.87. The van der Waals surface area contributed by atoms with Crippen LogP contribution in [0.3, 0.4) is 0 Å². The fourth-order valence-corrected chi connectivity index (χ4v) is 4.17. The molecule has 22 heavy (non-hydrogen) atoms. The minimum atomic E-state index is -3.33. The highest BCUT2D eigenvalue weighted by Gasteiger charge is 2.36. The third kappa shape index (κ3) is 3.31. The lowest BCUT2D eigenvalue weighted by molar-refractivity contribution is -0.129. The predicted molar refractivity (Wildman–Crippen MR) is 78.9 cm³/mol. The van der Waals surface area contributed by atoms with Crippen molar-refractivity contribution in [3.63, 3.8) is 0 Å². The summed E-state index contributed by atoms with van der Waals surface area (Å²) in [5.74, 6) is 0.801. The summed E-state index contributed by atoms with van der Waals surface area (Å²) in [6.07, 6.45) is 4.25. The molecular weight excluding hydrogens is 306 g/mol. The van der Waals surface area contributed by atoms with Gasteiger partial charge in [-0.2, -0.15) is 4.98 Å². The second-order valence-corrected chi connectivity index (χ2v) is 8.29. The van der Waals surface area contributed by atoms with Gasteiger partial charge in [-0.1, -0.05) is 12.1 Å². The second-order valence-electron chi connectivity index (χ2n) is 6.10. The summed E-state index contributed by atoms with van der Waals surface area (Å²) >= 11 is 0. The number of carbonyl (C=O) groups excluding carboxylic acids is 1. The van der Waals surface area contributed by atoms with E-state index in [0.29, 0.717) is 30.6 Å².